The summed E-state index contributed by atoms with van der Waals surface area (Å²) in [7, 11) is 1.43. The Balaban J connectivity index is 2.41. The second-order valence-corrected chi connectivity index (χ2v) is 5.03. The van der Waals surface area contributed by atoms with Gasteiger partial charge in [-0.1, -0.05) is 11.6 Å². The molecule has 0 atom stereocenters. The lowest BCUT2D eigenvalue weighted by Gasteiger charge is -2.14. The summed E-state index contributed by atoms with van der Waals surface area (Å²) in [6.07, 6.45) is 0. The average Bonchev–Trinajstić information content (AvgIpc) is 2.58. The maximum Gasteiger partial charge on any atom is 0.277 e. The van der Waals surface area contributed by atoms with Crippen LogP contribution in [0, 0.1) is 11.6 Å². The zero-order valence-electron chi connectivity index (χ0n) is 13.0. The summed E-state index contributed by atoms with van der Waals surface area (Å²) in [6, 6.07) is 6.59. The highest BCUT2D eigenvalue weighted by atomic mass is 35.5. The Morgan fingerprint density at radius 3 is 2.67 bits per heavy atom. The van der Waals surface area contributed by atoms with Gasteiger partial charge in [-0.3, -0.25) is 9.63 Å². The van der Waals surface area contributed by atoms with E-state index in [-0.39, 0.29) is 17.9 Å². The third kappa shape index (κ3) is 3.93. The van der Waals surface area contributed by atoms with Crippen molar-refractivity contribution in [3.05, 3.63) is 52.6 Å². The fourth-order valence-electron chi connectivity index (χ4n) is 1.94. The third-order valence-electron chi connectivity index (χ3n) is 3.07. The van der Waals surface area contributed by atoms with E-state index >= 15 is 0 Å². The van der Waals surface area contributed by atoms with Crippen LogP contribution in [0.5, 0.6) is 5.75 Å². The Bertz CT molecular complexity index is 756. The molecule has 0 heterocycles. The Labute approximate surface area is 142 Å². The summed E-state index contributed by atoms with van der Waals surface area (Å²) in [5.74, 6) is -2.64. The minimum absolute atomic E-state index is 0.115. The van der Waals surface area contributed by atoms with Crippen LogP contribution in [0.15, 0.2) is 30.3 Å². The topological polar surface area (TPSA) is 59.6 Å². The molecule has 0 saturated heterocycles. The fraction of sp³-hybridized carbons (Fsp3) is 0.188. The van der Waals surface area contributed by atoms with Gasteiger partial charge in [-0.25, -0.2) is 14.3 Å². The molecule has 8 heteroatoms. The van der Waals surface area contributed by atoms with E-state index in [0.29, 0.717) is 16.5 Å². The van der Waals surface area contributed by atoms with Crippen LogP contribution >= 0.6 is 11.6 Å². The molecule has 0 saturated carbocycles. The molecule has 2 N–H and O–H groups in total. The van der Waals surface area contributed by atoms with E-state index in [9.17, 15) is 13.6 Å². The van der Waals surface area contributed by atoms with Gasteiger partial charge in [0, 0.05) is 11.8 Å². The maximum absolute atomic E-state index is 14.2. The van der Waals surface area contributed by atoms with Gasteiger partial charge >= 0.3 is 0 Å². The Morgan fingerprint density at radius 1 is 1.25 bits per heavy atom. The predicted octanol–water partition coefficient (Wildman–Crippen LogP) is 4.05. The molecule has 0 aliphatic rings. The average molecular weight is 357 g/mol. The molecule has 0 spiro atoms. The number of ether oxygens (including phenoxy) is 1. The van der Waals surface area contributed by atoms with Crippen molar-refractivity contribution in [2.24, 2.45) is 0 Å². The van der Waals surface area contributed by atoms with Crippen LogP contribution in [0.2, 0.25) is 5.02 Å². The van der Waals surface area contributed by atoms with Gasteiger partial charge in [-0.05, 0) is 31.2 Å². The highest BCUT2D eigenvalue weighted by molar-refractivity contribution is 6.32. The number of carbonyl (C=O) groups is 1. The van der Waals surface area contributed by atoms with Gasteiger partial charge in [-0.15, -0.1) is 0 Å². The summed E-state index contributed by atoms with van der Waals surface area (Å²) in [5.41, 5.74) is 2.07. The number of hydrogen-bond acceptors (Lipinski definition) is 4. The standard InChI is InChI=1S/C16H15ClF2N2O3/c1-3-24-21-16(22)10-5-7-12(18)14(19)15(10)20-9-4-6-11(17)13(8-9)23-2/h4-8,20H,3H2,1-2H3,(H,21,22). The molecule has 1 amide bonds. The molecule has 0 bridgehead atoms. The number of rotatable bonds is 6. The molecule has 2 aromatic carbocycles. The molecule has 2 aromatic rings. The van der Waals surface area contributed by atoms with Crippen LogP contribution in [0.1, 0.15) is 17.3 Å². The number of amides is 1. The molecule has 0 aromatic heterocycles. The van der Waals surface area contributed by atoms with Crippen molar-refractivity contribution in [3.8, 4) is 5.75 Å². The van der Waals surface area contributed by atoms with Gasteiger partial charge in [0.25, 0.3) is 5.91 Å². The van der Waals surface area contributed by atoms with E-state index in [0.717, 1.165) is 12.1 Å². The third-order valence-corrected chi connectivity index (χ3v) is 3.38. The number of hydroxylamine groups is 1. The van der Waals surface area contributed by atoms with Crippen LogP contribution in [0.3, 0.4) is 0 Å². The summed E-state index contributed by atoms with van der Waals surface area (Å²) in [4.78, 5) is 16.8. The number of hydrogen-bond donors (Lipinski definition) is 2. The summed E-state index contributed by atoms with van der Waals surface area (Å²) in [5, 5.41) is 3.03. The van der Waals surface area contributed by atoms with Crippen molar-refractivity contribution >= 4 is 28.9 Å². The zero-order chi connectivity index (χ0) is 17.7. The first kappa shape index (κ1) is 18.0. The summed E-state index contributed by atoms with van der Waals surface area (Å²) < 4.78 is 32.8. The normalized spacial score (nSPS) is 10.4. The van der Waals surface area contributed by atoms with Crippen molar-refractivity contribution in [1.29, 1.82) is 0 Å². The molecular weight excluding hydrogens is 342 g/mol. The number of halogens is 3. The lowest BCUT2D eigenvalue weighted by atomic mass is 10.1. The fourth-order valence-corrected chi connectivity index (χ4v) is 2.13. The molecule has 0 radical (unpaired) electrons. The van der Waals surface area contributed by atoms with Gasteiger partial charge in [0.1, 0.15) is 5.75 Å². The second kappa shape index (κ2) is 7.94. The number of anilines is 2. The second-order valence-electron chi connectivity index (χ2n) is 4.62. The lowest BCUT2D eigenvalue weighted by Crippen LogP contribution is -2.25. The first-order chi connectivity index (χ1) is 11.5. The maximum atomic E-state index is 14.2. The zero-order valence-corrected chi connectivity index (χ0v) is 13.7. The van der Waals surface area contributed by atoms with E-state index in [2.05, 4.69) is 10.8 Å². The molecule has 0 aliphatic carbocycles. The van der Waals surface area contributed by atoms with E-state index in [1.807, 2.05) is 0 Å². The quantitative estimate of drug-likeness (QED) is 0.766. The number of methoxy groups -OCH3 is 1. The first-order valence-corrected chi connectivity index (χ1v) is 7.36. The molecule has 0 fully saturated rings. The molecular formula is C16H15ClF2N2O3. The lowest BCUT2D eigenvalue weighted by molar-refractivity contribution is 0.0365. The molecule has 24 heavy (non-hydrogen) atoms. The monoisotopic (exact) mass is 356 g/mol. The Morgan fingerprint density at radius 2 is 2.00 bits per heavy atom. The molecule has 5 nitrogen and oxygen atoms in total. The van der Waals surface area contributed by atoms with E-state index in [1.165, 1.54) is 19.2 Å². The van der Waals surface area contributed by atoms with Gasteiger partial charge in [0.05, 0.1) is 30.0 Å². The molecule has 0 aliphatic heterocycles. The number of carbonyl (C=O) groups excluding carboxylic acids is 1. The molecule has 0 unspecified atom stereocenters. The molecule has 128 valence electrons. The van der Waals surface area contributed by atoms with Crippen LogP contribution in [0.4, 0.5) is 20.2 Å². The first-order valence-electron chi connectivity index (χ1n) is 6.98. The van der Waals surface area contributed by atoms with Crippen molar-refractivity contribution in [2.75, 3.05) is 19.0 Å². The number of benzene rings is 2. The van der Waals surface area contributed by atoms with Gasteiger partial charge in [-0.2, -0.15) is 0 Å². The minimum Gasteiger partial charge on any atom is -0.495 e. The van der Waals surface area contributed by atoms with Crippen molar-refractivity contribution in [1.82, 2.24) is 5.48 Å². The Kier molecular flexibility index (Phi) is 5.94. The molecule has 2 rings (SSSR count). The summed E-state index contributed by atoms with van der Waals surface area (Å²) >= 11 is 5.93. The van der Waals surface area contributed by atoms with Crippen LogP contribution in [-0.2, 0) is 4.84 Å². The van der Waals surface area contributed by atoms with Gasteiger partial charge in [0.2, 0.25) is 0 Å². The van der Waals surface area contributed by atoms with Gasteiger partial charge < -0.3 is 10.1 Å². The SMILES string of the molecule is CCONC(=O)c1ccc(F)c(F)c1Nc1ccc(Cl)c(OC)c1. The van der Waals surface area contributed by atoms with Crippen LogP contribution < -0.4 is 15.5 Å². The highest BCUT2D eigenvalue weighted by Gasteiger charge is 2.19. The summed E-state index contributed by atoms with van der Waals surface area (Å²) in [6.45, 7) is 1.90. The van der Waals surface area contributed by atoms with Crippen molar-refractivity contribution in [3.63, 3.8) is 0 Å². The van der Waals surface area contributed by atoms with E-state index in [4.69, 9.17) is 21.2 Å². The minimum atomic E-state index is -1.19. The largest absolute Gasteiger partial charge is 0.495 e. The van der Waals surface area contributed by atoms with Crippen LogP contribution in [-0.4, -0.2) is 19.6 Å². The smallest absolute Gasteiger partial charge is 0.277 e. The van der Waals surface area contributed by atoms with Crippen LogP contribution in [0.25, 0.3) is 0 Å². The Hall–Kier alpha value is -2.38. The van der Waals surface area contributed by atoms with E-state index < -0.39 is 17.5 Å². The van der Waals surface area contributed by atoms with E-state index in [1.54, 1.807) is 13.0 Å². The predicted molar refractivity (Wildman–Crippen MR) is 86.7 cm³/mol. The number of nitrogens with one attached hydrogen (secondary N) is 2. The highest BCUT2D eigenvalue weighted by Crippen LogP contribution is 2.31. The van der Waals surface area contributed by atoms with Crippen molar-refractivity contribution in [2.45, 2.75) is 6.92 Å². The van der Waals surface area contributed by atoms with Gasteiger partial charge in [0.15, 0.2) is 11.6 Å². The van der Waals surface area contributed by atoms with Crippen molar-refractivity contribution < 1.29 is 23.1 Å².